The molecule has 0 bridgehead atoms. The van der Waals surface area contributed by atoms with Crippen LogP contribution in [0.4, 0.5) is 0 Å². The molecule has 2 N–H and O–H groups in total. The van der Waals surface area contributed by atoms with Crippen LogP contribution in [0.25, 0.3) is 0 Å². The van der Waals surface area contributed by atoms with E-state index >= 15 is 0 Å². The van der Waals surface area contributed by atoms with Crippen molar-refractivity contribution in [2.45, 2.75) is 151 Å². The maximum atomic E-state index is 10.9. The van der Waals surface area contributed by atoms with Crippen LogP contribution in [0.3, 0.4) is 0 Å². The molecule has 40 heavy (non-hydrogen) atoms. The number of allylic oxidation sites excluding steroid dienone is 5. The predicted octanol–water partition coefficient (Wildman–Crippen LogP) is 10.3. The van der Waals surface area contributed by atoms with Crippen LogP contribution in [-0.4, -0.2) is 28.9 Å². The van der Waals surface area contributed by atoms with Gasteiger partial charge >= 0.3 is 5.97 Å². The second kappa shape index (κ2) is 21.0. The summed E-state index contributed by atoms with van der Waals surface area (Å²) < 4.78 is 6.34. The van der Waals surface area contributed by atoms with Gasteiger partial charge in [0.1, 0.15) is 5.76 Å². The highest BCUT2D eigenvalue weighted by atomic mass is 16.5. The molecule has 4 atom stereocenters. The SMILES string of the molecule is CCCCCCCCOC1=C(C)C(C)C(O)C=C1CCC(C)CCC=C(C)CCCC(C)=CCCC(C)C(=O)O. The minimum Gasteiger partial charge on any atom is -0.493 e. The first-order chi connectivity index (χ1) is 19.1. The fourth-order valence-corrected chi connectivity index (χ4v) is 5.32. The molecule has 0 saturated heterocycles. The average Bonchev–Trinajstić information content (AvgIpc) is 2.91. The molecule has 0 radical (unpaired) electrons. The predicted molar refractivity (Wildman–Crippen MR) is 170 cm³/mol. The van der Waals surface area contributed by atoms with E-state index in [1.807, 2.05) is 6.08 Å². The Hall–Kier alpha value is -1.81. The van der Waals surface area contributed by atoms with E-state index in [9.17, 15) is 9.90 Å². The minimum atomic E-state index is -0.704. The molecule has 4 heteroatoms. The van der Waals surface area contributed by atoms with Crippen molar-refractivity contribution >= 4 is 5.97 Å². The number of carbonyl (C=O) groups is 1. The van der Waals surface area contributed by atoms with Gasteiger partial charge in [0.15, 0.2) is 0 Å². The molecular formula is C36H62O4. The number of unbranched alkanes of at least 4 members (excludes halogenated alkanes) is 5. The maximum absolute atomic E-state index is 10.9. The quantitative estimate of drug-likeness (QED) is 0.102. The van der Waals surface area contributed by atoms with Crippen LogP contribution < -0.4 is 0 Å². The molecule has 0 aliphatic heterocycles. The van der Waals surface area contributed by atoms with Crippen molar-refractivity contribution in [2.75, 3.05) is 6.61 Å². The van der Waals surface area contributed by atoms with Crippen LogP contribution in [0.2, 0.25) is 0 Å². The Balaban J connectivity index is 2.40. The number of aliphatic carboxylic acids is 1. The van der Waals surface area contributed by atoms with Crippen molar-refractivity contribution in [3.8, 4) is 0 Å². The van der Waals surface area contributed by atoms with Gasteiger partial charge < -0.3 is 14.9 Å². The Labute approximate surface area is 247 Å². The standard InChI is InChI=1S/C36H62O4/c1-8-9-10-11-12-13-25-40-35-32(7)31(6)34(37)26-33(35)24-23-29(4)20-15-19-27(2)17-14-18-28(3)21-16-22-30(5)36(38)39/h19,21,26,29-31,34,37H,8-18,20,22-25H2,1-7H3,(H,38,39). The Morgan fingerprint density at radius 3 is 2.17 bits per heavy atom. The van der Waals surface area contributed by atoms with Crippen LogP contribution in [0.15, 0.2) is 46.3 Å². The molecule has 1 aliphatic carbocycles. The minimum absolute atomic E-state index is 0.119. The summed E-state index contributed by atoms with van der Waals surface area (Å²) in [5.41, 5.74) is 5.24. The van der Waals surface area contributed by atoms with Gasteiger partial charge in [0.25, 0.3) is 0 Å². The molecule has 0 heterocycles. The summed E-state index contributed by atoms with van der Waals surface area (Å²) in [6, 6.07) is 0. The number of ether oxygens (including phenoxy) is 1. The summed E-state index contributed by atoms with van der Waals surface area (Å²) in [5.74, 6) is 0.825. The number of carboxylic acid groups (broad SMARTS) is 1. The van der Waals surface area contributed by atoms with Gasteiger partial charge in [0.05, 0.1) is 18.6 Å². The van der Waals surface area contributed by atoms with Crippen LogP contribution in [0.1, 0.15) is 145 Å². The third-order valence-corrected chi connectivity index (χ3v) is 8.68. The second-order valence-electron chi connectivity index (χ2n) is 12.6. The number of hydrogen-bond acceptors (Lipinski definition) is 3. The van der Waals surface area contributed by atoms with Gasteiger partial charge in [-0.1, -0.05) is 83.1 Å². The van der Waals surface area contributed by atoms with Crippen LogP contribution in [0, 0.1) is 17.8 Å². The molecule has 1 aliphatic rings. The molecule has 0 aromatic rings. The molecule has 0 aromatic carbocycles. The number of rotatable bonds is 22. The van der Waals surface area contributed by atoms with Gasteiger partial charge in [0.2, 0.25) is 0 Å². The molecular weight excluding hydrogens is 496 g/mol. The Morgan fingerprint density at radius 1 is 0.950 bits per heavy atom. The fraction of sp³-hybridized carbons (Fsp3) is 0.750. The zero-order valence-electron chi connectivity index (χ0n) is 27.1. The normalized spacial score (nSPS) is 19.9. The molecule has 4 nitrogen and oxygen atoms in total. The van der Waals surface area contributed by atoms with E-state index < -0.39 is 12.1 Å². The molecule has 0 fully saturated rings. The van der Waals surface area contributed by atoms with Crippen molar-refractivity contribution < 1.29 is 19.7 Å². The molecule has 0 aromatic heterocycles. The third kappa shape index (κ3) is 15.3. The van der Waals surface area contributed by atoms with Crippen molar-refractivity contribution in [2.24, 2.45) is 17.8 Å². The summed E-state index contributed by atoms with van der Waals surface area (Å²) in [6.45, 7) is 15.8. The van der Waals surface area contributed by atoms with E-state index in [-0.39, 0.29) is 11.8 Å². The van der Waals surface area contributed by atoms with Gasteiger partial charge in [-0.15, -0.1) is 0 Å². The number of carboxylic acids is 1. The number of aliphatic hydroxyl groups excluding tert-OH is 1. The lowest BCUT2D eigenvalue weighted by Crippen LogP contribution is -2.23. The monoisotopic (exact) mass is 558 g/mol. The van der Waals surface area contributed by atoms with E-state index in [1.165, 1.54) is 60.8 Å². The number of hydrogen-bond donors (Lipinski definition) is 2. The highest BCUT2D eigenvalue weighted by Crippen LogP contribution is 2.34. The van der Waals surface area contributed by atoms with Crippen LogP contribution in [0.5, 0.6) is 0 Å². The van der Waals surface area contributed by atoms with Gasteiger partial charge in [-0.3, -0.25) is 4.79 Å². The van der Waals surface area contributed by atoms with Crippen molar-refractivity contribution in [1.82, 2.24) is 0 Å². The van der Waals surface area contributed by atoms with E-state index in [4.69, 9.17) is 9.84 Å². The van der Waals surface area contributed by atoms with Crippen LogP contribution >= 0.6 is 0 Å². The zero-order valence-corrected chi connectivity index (χ0v) is 27.1. The summed E-state index contributed by atoms with van der Waals surface area (Å²) in [6.07, 6.45) is 23.1. The smallest absolute Gasteiger partial charge is 0.306 e. The Bertz CT molecular complexity index is 847. The van der Waals surface area contributed by atoms with E-state index in [0.29, 0.717) is 12.3 Å². The average molecular weight is 559 g/mol. The first-order valence-corrected chi connectivity index (χ1v) is 16.3. The topological polar surface area (TPSA) is 66.8 Å². The second-order valence-corrected chi connectivity index (χ2v) is 12.6. The largest absolute Gasteiger partial charge is 0.493 e. The van der Waals surface area contributed by atoms with E-state index in [0.717, 1.165) is 63.7 Å². The van der Waals surface area contributed by atoms with Crippen LogP contribution in [-0.2, 0) is 9.53 Å². The van der Waals surface area contributed by atoms with Gasteiger partial charge in [-0.25, -0.2) is 0 Å². The summed E-state index contributed by atoms with van der Waals surface area (Å²) in [4.78, 5) is 10.9. The first kappa shape index (κ1) is 36.2. The Morgan fingerprint density at radius 2 is 1.55 bits per heavy atom. The lowest BCUT2D eigenvalue weighted by molar-refractivity contribution is -0.141. The molecule has 230 valence electrons. The third-order valence-electron chi connectivity index (χ3n) is 8.68. The van der Waals surface area contributed by atoms with E-state index in [2.05, 4.69) is 53.7 Å². The maximum Gasteiger partial charge on any atom is 0.306 e. The van der Waals surface area contributed by atoms with Crippen molar-refractivity contribution in [3.63, 3.8) is 0 Å². The van der Waals surface area contributed by atoms with Gasteiger partial charge in [0, 0.05) is 5.92 Å². The van der Waals surface area contributed by atoms with Crippen molar-refractivity contribution in [1.29, 1.82) is 0 Å². The zero-order chi connectivity index (χ0) is 29.9. The first-order valence-electron chi connectivity index (χ1n) is 16.3. The van der Waals surface area contributed by atoms with Gasteiger partial charge in [-0.2, -0.15) is 0 Å². The lowest BCUT2D eigenvalue weighted by Gasteiger charge is -2.29. The molecule has 0 saturated carbocycles. The Kier molecular flexibility index (Phi) is 19.0. The molecule has 4 unspecified atom stereocenters. The van der Waals surface area contributed by atoms with Gasteiger partial charge in [-0.05, 0) is 108 Å². The molecule has 0 amide bonds. The molecule has 1 rings (SSSR count). The summed E-state index contributed by atoms with van der Waals surface area (Å²) >= 11 is 0. The lowest BCUT2D eigenvalue weighted by atomic mass is 9.84. The van der Waals surface area contributed by atoms with E-state index in [1.54, 1.807) is 6.92 Å². The molecule has 0 spiro atoms. The summed E-state index contributed by atoms with van der Waals surface area (Å²) in [7, 11) is 0. The highest BCUT2D eigenvalue weighted by molar-refractivity contribution is 5.69. The summed E-state index contributed by atoms with van der Waals surface area (Å²) in [5, 5.41) is 19.6. The number of aliphatic hydroxyl groups is 1. The highest BCUT2D eigenvalue weighted by Gasteiger charge is 2.26. The van der Waals surface area contributed by atoms with Crippen molar-refractivity contribution in [3.05, 3.63) is 46.3 Å². The fourth-order valence-electron chi connectivity index (χ4n) is 5.32.